The second kappa shape index (κ2) is 8.89. The molecule has 0 N–H and O–H groups in total. The first-order valence-electron chi connectivity index (χ1n) is 8.15. The molecule has 5 heteroatoms. The Bertz CT molecular complexity index is 471. The van der Waals surface area contributed by atoms with Gasteiger partial charge in [0.2, 0.25) is 0 Å². The highest BCUT2D eigenvalue weighted by atomic mass is 16.5. The summed E-state index contributed by atoms with van der Waals surface area (Å²) in [4.78, 5) is 14.4. The lowest BCUT2D eigenvalue weighted by Crippen LogP contribution is -2.45. The summed E-state index contributed by atoms with van der Waals surface area (Å²) in [6.07, 6.45) is 1.95. The largest absolute Gasteiger partial charge is 0.484 e. The monoisotopic (exact) mass is 321 g/mol. The van der Waals surface area contributed by atoms with Gasteiger partial charge < -0.3 is 19.1 Å². The lowest BCUT2D eigenvalue weighted by molar-refractivity contribution is -0.136. The van der Waals surface area contributed by atoms with Crippen LogP contribution < -0.4 is 4.74 Å². The molecule has 1 saturated heterocycles. The quantitative estimate of drug-likeness (QED) is 0.737. The Labute approximate surface area is 138 Å². The van der Waals surface area contributed by atoms with Gasteiger partial charge in [0.1, 0.15) is 5.75 Å². The van der Waals surface area contributed by atoms with Crippen molar-refractivity contribution < 1.29 is 19.0 Å². The Morgan fingerprint density at radius 2 is 1.96 bits per heavy atom. The van der Waals surface area contributed by atoms with E-state index in [1.165, 1.54) is 0 Å². The average molecular weight is 321 g/mol. The second-order valence-electron chi connectivity index (χ2n) is 6.33. The van der Waals surface area contributed by atoms with Gasteiger partial charge >= 0.3 is 0 Å². The molecule has 0 spiro atoms. The summed E-state index contributed by atoms with van der Waals surface area (Å²) in [5, 5.41) is 0. The number of carbonyl (C=O) groups is 1. The predicted molar refractivity (Wildman–Crippen MR) is 88.6 cm³/mol. The smallest absolute Gasteiger partial charge is 0.260 e. The third kappa shape index (κ3) is 5.84. The molecule has 0 radical (unpaired) electrons. The van der Waals surface area contributed by atoms with Gasteiger partial charge in [-0.15, -0.1) is 0 Å². The van der Waals surface area contributed by atoms with Crippen LogP contribution in [0.3, 0.4) is 0 Å². The number of rotatable bonds is 8. The maximum Gasteiger partial charge on any atom is 0.260 e. The minimum absolute atomic E-state index is 0.00128. The predicted octanol–water partition coefficient (Wildman–Crippen LogP) is 2.36. The summed E-state index contributed by atoms with van der Waals surface area (Å²) < 4.78 is 16.2. The van der Waals surface area contributed by atoms with Crippen LogP contribution >= 0.6 is 0 Å². The molecule has 5 nitrogen and oxygen atoms in total. The zero-order valence-corrected chi connectivity index (χ0v) is 14.1. The molecule has 0 aromatic heterocycles. The number of carbonyl (C=O) groups excluding carboxylic acids is 1. The van der Waals surface area contributed by atoms with Gasteiger partial charge in [-0.1, -0.05) is 25.1 Å². The van der Waals surface area contributed by atoms with Crippen molar-refractivity contribution in [3.63, 3.8) is 0 Å². The molecule has 0 saturated carbocycles. The second-order valence-corrected chi connectivity index (χ2v) is 6.33. The molecule has 1 aliphatic rings. The van der Waals surface area contributed by atoms with Gasteiger partial charge in [-0.05, 0) is 30.4 Å². The van der Waals surface area contributed by atoms with E-state index in [0.29, 0.717) is 18.9 Å². The standard InChI is InChI=1S/C18H27NO4/c1-18(8-11-22-12-9-18)15-19(10-13-21-2)17(20)14-23-16-6-4-3-5-7-16/h3-7H,8-15H2,1-2H3. The van der Waals surface area contributed by atoms with E-state index in [9.17, 15) is 4.79 Å². The summed E-state index contributed by atoms with van der Waals surface area (Å²) in [6, 6.07) is 9.42. The van der Waals surface area contributed by atoms with Crippen molar-refractivity contribution in [3.8, 4) is 5.75 Å². The Balaban J connectivity index is 1.91. The lowest BCUT2D eigenvalue weighted by Gasteiger charge is -2.38. The van der Waals surface area contributed by atoms with E-state index in [-0.39, 0.29) is 17.9 Å². The number of amides is 1. The van der Waals surface area contributed by atoms with E-state index in [1.54, 1.807) is 7.11 Å². The van der Waals surface area contributed by atoms with Crippen LogP contribution in [-0.2, 0) is 14.3 Å². The summed E-state index contributed by atoms with van der Waals surface area (Å²) >= 11 is 0. The van der Waals surface area contributed by atoms with Crippen LogP contribution in [0.4, 0.5) is 0 Å². The molecule has 1 heterocycles. The highest BCUT2D eigenvalue weighted by molar-refractivity contribution is 5.77. The molecular weight excluding hydrogens is 294 g/mol. The van der Waals surface area contributed by atoms with E-state index in [4.69, 9.17) is 14.2 Å². The molecule has 1 aromatic carbocycles. The van der Waals surface area contributed by atoms with Crippen LogP contribution in [0.1, 0.15) is 19.8 Å². The highest BCUT2D eigenvalue weighted by Crippen LogP contribution is 2.30. The van der Waals surface area contributed by atoms with Crippen LogP contribution in [0, 0.1) is 5.41 Å². The zero-order valence-electron chi connectivity index (χ0n) is 14.1. The van der Waals surface area contributed by atoms with Crippen molar-refractivity contribution in [2.24, 2.45) is 5.41 Å². The fourth-order valence-electron chi connectivity index (χ4n) is 2.73. The molecule has 0 unspecified atom stereocenters. The van der Waals surface area contributed by atoms with Crippen LogP contribution in [0.15, 0.2) is 30.3 Å². The normalized spacial score (nSPS) is 16.8. The molecule has 128 valence electrons. The molecular formula is C18H27NO4. The SMILES string of the molecule is COCCN(CC1(C)CCOCC1)C(=O)COc1ccccc1. The highest BCUT2D eigenvalue weighted by Gasteiger charge is 2.31. The van der Waals surface area contributed by atoms with Gasteiger partial charge in [0, 0.05) is 33.4 Å². The number of hydrogen-bond acceptors (Lipinski definition) is 4. The fourth-order valence-corrected chi connectivity index (χ4v) is 2.73. The van der Waals surface area contributed by atoms with Crippen LogP contribution in [-0.4, -0.2) is 57.4 Å². The fraction of sp³-hybridized carbons (Fsp3) is 0.611. The molecule has 1 aromatic rings. The van der Waals surface area contributed by atoms with Gasteiger partial charge in [-0.3, -0.25) is 4.79 Å². The summed E-state index contributed by atoms with van der Waals surface area (Å²) in [5.41, 5.74) is 0.106. The van der Waals surface area contributed by atoms with E-state index in [0.717, 1.165) is 32.6 Å². The first kappa shape index (κ1) is 17.8. The van der Waals surface area contributed by atoms with Crippen LogP contribution in [0.25, 0.3) is 0 Å². The molecule has 0 aliphatic carbocycles. The lowest BCUT2D eigenvalue weighted by atomic mass is 9.82. The topological polar surface area (TPSA) is 48.0 Å². The van der Waals surface area contributed by atoms with Crippen molar-refractivity contribution in [1.82, 2.24) is 4.90 Å². The summed E-state index contributed by atoms with van der Waals surface area (Å²) in [5.74, 6) is 0.712. The van der Waals surface area contributed by atoms with Crippen molar-refractivity contribution in [3.05, 3.63) is 30.3 Å². The maximum atomic E-state index is 12.6. The van der Waals surface area contributed by atoms with E-state index < -0.39 is 0 Å². The van der Waals surface area contributed by atoms with Gasteiger partial charge in [0.25, 0.3) is 5.91 Å². The van der Waals surface area contributed by atoms with Gasteiger partial charge in [-0.2, -0.15) is 0 Å². The minimum atomic E-state index is -0.00128. The summed E-state index contributed by atoms with van der Waals surface area (Å²) in [6.45, 7) is 5.65. The number of ether oxygens (including phenoxy) is 3. The van der Waals surface area contributed by atoms with Crippen molar-refractivity contribution >= 4 is 5.91 Å². The third-order valence-corrected chi connectivity index (χ3v) is 4.30. The molecule has 0 bridgehead atoms. The molecule has 1 amide bonds. The number of nitrogens with zero attached hydrogens (tertiary/aromatic N) is 1. The van der Waals surface area contributed by atoms with E-state index in [2.05, 4.69) is 6.92 Å². The molecule has 1 fully saturated rings. The Hall–Kier alpha value is -1.59. The number of hydrogen-bond donors (Lipinski definition) is 0. The zero-order chi connectivity index (χ0) is 16.5. The van der Waals surface area contributed by atoms with Gasteiger partial charge in [0.05, 0.1) is 6.61 Å². The first-order chi connectivity index (χ1) is 11.1. The third-order valence-electron chi connectivity index (χ3n) is 4.30. The average Bonchev–Trinajstić information content (AvgIpc) is 2.58. The van der Waals surface area contributed by atoms with Crippen molar-refractivity contribution in [2.75, 3.05) is 46.6 Å². The van der Waals surface area contributed by atoms with Crippen LogP contribution in [0.5, 0.6) is 5.75 Å². The van der Waals surface area contributed by atoms with Gasteiger partial charge in [-0.25, -0.2) is 0 Å². The molecule has 0 atom stereocenters. The molecule has 2 rings (SSSR count). The Morgan fingerprint density at radius 1 is 1.26 bits per heavy atom. The maximum absolute atomic E-state index is 12.6. The first-order valence-corrected chi connectivity index (χ1v) is 8.15. The van der Waals surface area contributed by atoms with Crippen molar-refractivity contribution in [1.29, 1.82) is 0 Å². The van der Waals surface area contributed by atoms with Crippen molar-refractivity contribution in [2.45, 2.75) is 19.8 Å². The van der Waals surface area contributed by atoms with Gasteiger partial charge in [0.15, 0.2) is 6.61 Å². The summed E-state index contributed by atoms with van der Waals surface area (Å²) in [7, 11) is 1.65. The Kier molecular flexibility index (Phi) is 6.86. The number of para-hydroxylation sites is 1. The van der Waals surface area contributed by atoms with E-state index >= 15 is 0 Å². The number of methoxy groups -OCH3 is 1. The minimum Gasteiger partial charge on any atom is -0.484 e. The van der Waals surface area contributed by atoms with Crippen LogP contribution in [0.2, 0.25) is 0 Å². The Morgan fingerprint density at radius 3 is 2.61 bits per heavy atom. The molecule has 1 aliphatic heterocycles. The number of benzene rings is 1. The molecule has 23 heavy (non-hydrogen) atoms. The van der Waals surface area contributed by atoms with E-state index in [1.807, 2.05) is 35.2 Å².